The molecule has 0 spiro atoms. The first kappa shape index (κ1) is 11.9. The van der Waals surface area contributed by atoms with Crippen LogP contribution in [0.4, 0.5) is 5.13 Å². The summed E-state index contributed by atoms with van der Waals surface area (Å²) < 4.78 is 0. The van der Waals surface area contributed by atoms with E-state index in [2.05, 4.69) is 4.98 Å². The Kier molecular flexibility index (Phi) is 3.65. The number of nitrogens with zero attached hydrogens (tertiary/aromatic N) is 3. The molecule has 0 amide bonds. The van der Waals surface area contributed by atoms with Crippen LogP contribution < -0.4 is 4.90 Å². The number of halogens is 1. The molecule has 15 heavy (non-hydrogen) atoms. The van der Waals surface area contributed by atoms with Gasteiger partial charge in [0.15, 0.2) is 5.13 Å². The van der Waals surface area contributed by atoms with Crippen LogP contribution in [0, 0.1) is 10.1 Å². The molecule has 0 saturated carbocycles. The standard InChI is InChI=1S/C8H10ClN3O2S/c1-5(12(13)14)4-6-7(9)10-8(15-6)11(2)3/h4H,1-3H3. The van der Waals surface area contributed by atoms with E-state index in [-0.39, 0.29) is 5.70 Å². The topological polar surface area (TPSA) is 59.3 Å². The number of thiazole rings is 1. The number of allylic oxidation sites excluding steroid dienone is 1. The van der Waals surface area contributed by atoms with Crippen molar-refractivity contribution in [1.82, 2.24) is 4.98 Å². The van der Waals surface area contributed by atoms with Gasteiger partial charge in [0.2, 0.25) is 5.70 Å². The van der Waals surface area contributed by atoms with Crippen LogP contribution in [-0.4, -0.2) is 24.0 Å². The predicted molar refractivity (Wildman–Crippen MR) is 62.1 cm³/mol. The maximum atomic E-state index is 10.4. The molecule has 0 aliphatic heterocycles. The molecule has 7 heteroatoms. The van der Waals surface area contributed by atoms with Crippen molar-refractivity contribution in [3.05, 3.63) is 25.8 Å². The van der Waals surface area contributed by atoms with Crippen LogP contribution in [0.5, 0.6) is 0 Å². The van der Waals surface area contributed by atoms with Crippen molar-refractivity contribution in [2.75, 3.05) is 19.0 Å². The highest BCUT2D eigenvalue weighted by atomic mass is 35.5. The Morgan fingerprint density at radius 2 is 2.27 bits per heavy atom. The highest BCUT2D eigenvalue weighted by Crippen LogP contribution is 2.30. The minimum atomic E-state index is -0.453. The van der Waals surface area contributed by atoms with Crippen LogP contribution in [0.1, 0.15) is 11.8 Å². The number of anilines is 1. The Balaban J connectivity index is 3.06. The van der Waals surface area contributed by atoms with E-state index < -0.39 is 4.92 Å². The fraction of sp³-hybridized carbons (Fsp3) is 0.375. The van der Waals surface area contributed by atoms with E-state index in [9.17, 15) is 10.1 Å². The third-order valence-electron chi connectivity index (χ3n) is 1.61. The lowest BCUT2D eigenvalue weighted by Crippen LogP contribution is -2.07. The molecule has 0 bridgehead atoms. The quantitative estimate of drug-likeness (QED) is 0.608. The summed E-state index contributed by atoms with van der Waals surface area (Å²) in [5.74, 6) is 0. The highest BCUT2D eigenvalue weighted by Gasteiger charge is 2.11. The minimum absolute atomic E-state index is 0.0471. The maximum absolute atomic E-state index is 10.4. The summed E-state index contributed by atoms with van der Waals surface area (Å²) in [7, 11) is 3.67. The third-order valence-corrected chi connectivity index (χ3v) is 3.18. The van der Waals surface area contributed by atoms with Gasteiger partial charge in [0.25, 0.3) is 0 Å². The molecule has 0 aliphatic carbocycles. The van der Waals surface area contributed by atoms with Crippen molar-refractivity contribution in [1.29, 1.82) is 0 Å². The van der Waals surface area contributed by atoms with Gasteiger partial charge in [0.05, 0.1) is 9.80 Å². The summed E-state index contributed by atoms with van der Waals surface area (Å²) in [6.07, 6.45) is 1.42. The molecule has 82 valence electrons. The third kappa shape index (κ3) is 2.90. The second-order valence-electron chi connectivity index (χ2n) is 3.09. The number of hydrogen-bond acceptors (Lipinski definition) is 5. The highest BCUT2D eigenvalue weighted by molar-refractivity contribution is 7.17. The minimum Gasteiger partial charge on any atom is -0.354 e. The Labute approximate surface area is 96.1 Å². The van der Waals surface area contributed by atoms with Crippen LogP contribution in [0.15, 0.2) is 5.70 Å². The van der Waals surface area contributed by atoms with Crippen molar-refractivity contribution < 1.29 is 4.92 Å². The van der Waals surface area contributed by atoms with Crippen molar-refractivity contribution in [3.8, 4) is 0 Å². The van der Waals surface area contributed by atoms with E-state index >= 15 is 0 Å². The summed E-state index contributed by atoms with van der Waals surface area (Å²) in [6, 6.07) is 0. The van der Waals surface area contributed by atoms with Gasteiger partial charge in [-0.05, 0) is 0 Å². The molecule has 0 radical (unpaired) electrons. The summed E-state index contributed by atoms with van der Waals surface area (Å²) in [5.41, 5.74) is 0.0471. The van der Waals surface area contributed by atoms with Crippen molar-refractivity contribution in [2.24, 2.45) is 0 Å². The van der Waals surface area contributed by atoms with E-state index in [1.165, 1.54) is 24.3 Å². The Morgan fingerprint density at radius 3 is 2.67 bits per heavy atom. The second kappa shape index (κ2) is 4.59. The zero-order valence-electron chi connectivity index (χ0n) is 8.52. The zero-order chi connectivity index (χ0) is 11.6. The van der Waals surface area contributed by atoms with E-state index in [1.54, 1.807) is 4.90 Å². The Hall–Kier alpha value is -1.14. The lowest BCUT2D eigenvalue weighted by Gasteiger charge is -2.04. The summed E-state index contributed by atoms with van der Waals surface area (Å²) in [5, 5.41) is 11.4. The molecule has 1 heterocycles. The van der Waals surface area contributed by atoms with Gasteiger partial charge in [-0.15, -0.1) is 0 Å². The van der Waals surface area contributed by atoms with E-state index in [0.717, 1.165) is 5.13 Å². The summed E-state index contributed by atoms with van der Waals surface area (Å²) in [6.45, 7) is 1.42. The van der Waals surface area contributed by atoms with E-state index in [4.69, 9.17) is 11.6 Å². The Bertz CT molecular complexity index is 414. The molecule has 1 aromatic rings. The van der Waals surface area contributed by atoms with Gasteiger partial charge in [-0.25, -0.2) is 4.98 Å². The van der Waals surface area contributed by atoms with Gasteiger partial charge < -0.3 is 4.90 Å². The van der Waals surface area contributed by atoms with Gasteiger partial charge in [-0.1, -0.05) is 22.9 Å². The van der Waals surface area contributed by atoms with Crippen LogP contribution >= 0.6 is 22.9 Å². The number of rotatable bonds is 3. The molecule has 0 aliphatic rings. The largest absolute Gasteiger partial charge is 0.354 e. The summed E-state index contributed by atoms with van der Waals surface area (Å²) in [4.78, 5) is 16.4. The molecule has 1 rings (SSSR count). The van der Waals surface area contributed by atoms with E-state index in [1.807, 2.05) is 14.1 Å². The molecule has 0 atom stereocenters. The first-order chi connectivity index (χ1) is 6.91. The van der Waals surface area contributed by atoms with Gasteiger partial charge in [0.1, 0.15) is 5.15 Å². The first-order valence-electron chi connectivity index (χ1n) is 4.08. The first-order valence-corrected chi connectivity index (χ1v) is 5.27. The Morgan fingerprint density at radius 1 is 1.67 bits per heavy atom. The molecule has 0 saturated heterocycles. The fourth-order valence-corrected chi connectivity index (χ4v) is 2.00. The average Bonchev–Trinajstić information content (AvgIpc) is 2.47. The van der Waals surface area contributed by atoms with Gasteiger partial charge >= 0.3 is 0 Å². The summed E-state index contributed by atoms with van der Waals surface area (Å²) >= 11 is 7.16. The van der Waals surface area contributed by atoms with E-state index in [0.29, 0.717) is 10.0 Å². The number of aromatic nitrogens is 1. The van der Waals surface area contributed by atoms with Gasteiger partial charge in [0, 0.05) is 27.1 Å². The van der Waals surface area contributed by atoms with Gasteiger partial charge in [-0.3, -0.25) is 10.1 Å². The molecule has 5 nitrogen and oxygen atoms in total. The number of nitro groups is 1. The van der Waals surface area contributed by atoms with Crippen LogP contribution in [-0.2, 0) is 0 Å². The van der Waals surface area contributed by atoms with Crippen LogP contribution in [0.25, 0.3) is 6.08 Å². The maximum Gasteiger partial charge on any atom is 0.244 e. The predicted octanol–water partition coefficient (Wildman–Crippen LogP) is 2.50. The monoisotopic (exact) mass is 247 g/mol. The number of hydrogen-bond donors (Lipinski definition) is 0. The molecular formula is C8H10ClN3O2S. The van der Waals surface area contributed by atoms with Crippen LogP contribution in [0.2, 0.25) is 5.15 Å². The molecule has 0 fully saturated rings. The van der Waals surface area contributed by atoms with Gasteiger partial charge in [-0.2, -0.15) is 0 Å². The molecule has 0 N–H and O–H groups in total. The van der Waals surface area contributed by atoms with Crippen molar-refractivity contribution >= 4 is 34.1 Å². The van der Waals surface area contributed by atoms with Crippen molar-refractivity contribution in [2.45, 2.75) is 6.92 Å². The SMILES string of the molecule is CC(=Cc1sc(N(C)C)nc1Cl)[N+](=O)[O-]. The zero-order valence-corrected chi connectivity index (χ0v) is 10.1. The molecule has 0 unspecified atom stereocenters. The second-order valence-corrected chi connectivity index (χ2v) is 4.46. The lowest BCUT2D eigenvalue weighted by molar-refractivity contribution is -0.422. The van der Waals surface area contributed by atoms with Crippen molar-refractivity contribution in [3.63, 3.8) is 0 Å². The average molecular weight is 248 g/mol. The lowest BCUT2D eigenvalue weighted by atomic mass is 10.4. The normalized spacial score (nSPS) is 11.6. The molecular weight excluding hydrogens is 238 g/mol. The molecule has 0 aromatic carbocycles. The fourth-order valence-electron chi connectivity index (χ4n) is 0.825. The smallest absolute Gasteiger partial charge is 0.244 e. The molecule has 1 aromatic heterocycles. The van der Waals surface area contributed by atoms with Crippen LogP contribution in [0.3, 0.4) is 0 Å².